The van der Waals surface area contributed by atoms with Gasteiger partial charge in [-0.2, -0.15) is 0 Å². The predicted octanol–water partition coefficient (Wildman–Crippen LogP) is 12.9. The molecule has 0 amide bonds. The first-order chi connectivity index (χ1) is 23.6. The Bertz CT molecular complexity index is 2630. The first-order valence-corrected chi connectivity index (χ1v) is 17.3. The molecule has 6 aromatic carbocycles. The summed E-state index contributed by atoms with van der Waals surface area (Å²) in [5.41, 5.74) is 12.8. The number of nitrogens with zero attached hydrogens (tertiary/aromatic N) is 2. The zero-order valence-corrected chi connectivity index (χ0v) is 29.0. The van der Waals surface area contributed by atoms with E-state index < -0.39 is 0 Å². The van der Waals surface area contributed by atoms with Gasteiger partial charge >= 0.3 is 0 Å². The summed E-state index contributed by atoms with van der Waals surface area (Å²) in [6.45, 7) is 13.7. The fourth-order valence-electron chi connectivity index (χ4n) is 7.54. The van der Waals surface area contributed by atoms with E-state index in [9.17, 15) is 0 Å². The maximum Gasteiger partial charge on any atom is 0.213 e. The van der Waals surface area contributed by atoms with Gasteiger partial charge in [-0.15, -0.1) is 0 Å². The van der Waals surface area contributed by atoms with Crippen molar-refractivity contribution in [3.8, 4) is 22.5 Å². The standard InChI is InChI=1S/C46H40N2O/c1-45(2,3)31-19-24-40-37(27-31)38-28-32(46(4,5)6)20-25-41(38)47(40)34-21-16-29(17-22-34)30-18-23-36-42(26-30)49-44-43(36)35-14-10-11-15-39(35)48(44)33-12-8-7-9-13-33/h7-28H,1-6H3. The molecule has 0 aliphatic carbocycles. The number of hydrogen-bond donors (Lipinski definition) is 0. The summed E-state index contributed by atoms with van der Waals surface area (Å²) >= 11 is 0. The molecule has 0 spiro atoms. The fourth-order valence-corrected chi connectivity index (χ4v) is 7.54. The molecular weight excluding hydrogens is 597 g/mol. The highest BCUT2D eigenvalue weighted by molar-refractivity contribution is 6.20. The molecule has 0 aliphatic rings. The predicted molar refractivity (Wildman–Crippen MR) is 208 cm³/mol. The molecule has 3 nitrogen and oxygen atoms in total. The van der Waals surface area contributed by atoms with Crippen LogP contribution in [0.25, 0.3) is 77.3 Å². The van der Waals surface area contributed by atoms with Gasteiger partial charge in [-0.3, -0.25) is 4.57 Å². The lowest BCUT2D eigenvalue weighted by molar-refractivity contribution is 0.590. The number of para-hydroxylation sites is 2. The van der Waals surface area contributed by atoms with Crippen molar-refractivity contribution in [3.63, 3.8) is 0 Å². The third-order valence-corrected chi connectivity index (χ3v) is 10.3. The van der Waals surface area contributed by atoms with Crippen LogP contribution in [0.1, 0.15) is 52.7 Å². The zero-order chi connectivity index (χ0) is 33.7. The smallest absolute Gasteiger partial charge is 0.213 e. The van der Waals surface area contributed by atoms with Gasteiger partial charge in [-0.25, -0.2) is 0 Å². The van der Waals surface area contributed by atoms with Gasteiger partial charge in [0.25, 0.3) is 0 Å². The van der Waals surface area contributed by atoms with Crippen LogP contribution in [0.3, 0.4) is 0 Å². The molecule has 0 unspecified atom stereocenters. The van der Waals surface area contributed by atoms with Crippen LogP contribution in [-0.2, 0) is 10.8 Å². The van der Waals surface area contributed by atoms with E-state index >= 15 is 0 Å². The second kappa shape index (κ2) is 10.5. The third kappa shape index (κ3) is 4.63. The van der Waals surface area contributed by atoms with E-state index in [0.717, 1.165) is 50.1 Å². The van der Waals surface area contributed by atoms with Gasteiger partial charge in [0, 0.05) is 32.9 Å². The lowest BCUT2D eigenvalue weighted by atomic mass is 9.85. The summed E-state index contributed by atoms with van der Waals surface area (Å²) in [6, 6.07) is 48.7. The molecule has 0 bridgehead atoms. The van der Waals surface area contributed by atoms with Crippen LogP contribution in [0.15, 0.2) is 138 Å². The van der Waals surface area contributed by atoms with Crippen LogP contribution in [0.2, 0.25) is 0 Å². The Hall–Kier alpha value is -5.54. The molecule has 3 aromatic heterocycles. The highest BCUT2D eigenvalue weighted by atomic mass is 16.3. The van der Waals surface area contributed by atoms with Crippen molar-refractivity contribution in [2.24, 2.45) is 0 Å². The van der Waals surface area contributed by atoms with Crippen molar-refractivity contribution in [2.45, 2.75) is 52.4 Å². The van der Waals surface area contributed by atoms with Crippen LogP contribution in [0, 0.1) is 0 Å². The minimum absolute atomic E-state index is 0.0738. The van der Waals surface area contributed by atoms with E-state index in [1.54, 1.807) is 0 Å². The molecule has 3 heterocycles. The zero-order valence-electron chi connectivity index (χ0n) is 29.0. The average Bonchev–Trinajstić information content (AvgIpc) is 3.73. The highest BCUT2D eigenvalue weighted by Gasteiger charge is 2.22. The van der Waals surface area contributed by atoms with Crippen LogP contribution in [0.4, 0.5) is 0 Å². The summed E-state index contributed by atoms with van der Waals surface area (Å²) in [5, 5.41) is 6.11. The molecule has 0 saturated heterocycles. The van der Waals surface area contributed by atoms with Crippen molar-refractivity contribution in [1.29, 1.82) is 0 Å². The Labute approximate surface area is 287 Å². The second-order valence-electron chi connectivity index (χ2n) is 15.5. The third-order valence-electron chi connectivity index (χ3n) is 10.3. The Morgan fingerprint density at radius 3 is 1.61 bits per heavy atom. The Morgan fingerprint density at radius 1 is 0.429 bits per heavy atom. The molecule has 240 valence electrons. The number of furan rings is 1. The quantitative estimate of drug-likeness (QED) is 0.189. The Morgan fingerprint density at radius 2 is 0.980 bits per heavy atom. The molecule has 3 heteroatoms. The van der Waals surface area contributed by atoms with Crippen LogP contribution in [0.5, 0.6) is 0 Å². The SMILES string of the molecule is CC(C)(C)c1ccc2c(c1)c1cc(C(C)(C)C)ccc1n2-c1ccc(-c2ccc3c(c2)oc2c3c3ccccc3n2-c2ccccc2)cc1. The summed E-state index contributed by atoms with van der Waals surface area (Å²) in [7, 11) is 0. The number of aromatic nitrogens is 2. The normalized spacial score (nSPS) is 12.7. The fraction of sp³-hybridized carbons (Fsp3) is 0.174. The van der Waals surface area contributed by atoms with Crippen molar-refractivity contribution < 1.29 is 4.42 Å². The lowest BCUT2D eigenvalue weighted by Crippen LogP contribution is -2.10. The monoisotopic (exact) mass is 636 g/mol. The molecule has 0 N–H and O–H groups in total. The van der Waals surface area contributed by atoms with Gasteiger partial charge in [0.2, 0.25) is 5.71 Å². The number of hydrogen-bond acceptors (Lipinski definition) is 1. The summed E-state index contributed by atoms with van der Waals surface area (Å²) in [6.07, 6.45) is 0. The van der Waals surface area contributed by atoms with E-state index in [-0.39, 0.29) is 10.8 Å². The highest BCUT2D eigenvalue weighted by Crippen LogP contribution is 2.41. The van der Waals surface area contributed by atoms with E-state index in [2.05, 4.69) is 184 Å². The largest absolute Gasteiger partial charge is 0.439 e. The van der Waals surface area contributed by atoms with Gasteiger partial charge in [0.1, 0.15) is 5.58 Å². The summed E-state index contributed by atoms with van der Waals surface area (Å²) in [4.78, 5) is 0. The van der Waals surface area contributed by atoms with Gasteiger partial charge < -0.3 is 8.98 Å². The number of fused-ring (bicyclic) bond motifs is 8. The molecule has 0 saturated carbocycles. The minimum atomic E-state index is 0.0738. The average molecular weight is 637 g/mol. The molecule has 0 atom stereocenters. The molecular formula is C46H40N2O. The maximum absolute atomic E-state index is 6.69. The first-order valence-electron chi connectivity index (χ1n) is 17.3. The van der Waals surface area contributed by atoms with Crippen molar-refractivity contribution >= 4 is 54.8 Å². The van der Waals surface area contributed by atoms with Crippen molar-refractivity contribution in [3.05, 3.63) is 145 Å². The van der Waals surface area contributed by atoms with Gasteiger partial charge in [-0.1, -0.05) is 108 Å². The van der Waals surface area contributed by atoms with E-state index in [0.29, 0.717) is 0 Å². The van der Waals surface area contributed by atoms with Crippen LogP contribution >= 0.6 is 0 Å². The van der Waals surface area contributed by atoms with E-state index in [1.165, 1.54) is 38.3 Å². The van der Waals surface area contributed by atoms with Gasteiger partial charge in [-0.05, 0) is 99.8 Å². The summed E-state index contributed by atoms with van der Waals surface area (Å²) < 4.78 is 11.3. The molecule has 0 radical (unpaired) electrons. The molecule has 0 aliphatic heterocycles. The number of benzene rings is 6. The minimum Gasteiger partial charge on any atom is -0.439 e. The lowest BCUT2D eigenvalue weighted by Gasteiger charge is -2.19. The number of rotatable bonds is 3. The Balaban J connectivity index is 1.17. The molecule has 0 fully saturated rings. The molecule has 9 rings (SSSR count). The molecule has 49 heavy (non-hydrogen) atoms. The second-order valence-corrected chi connectivity index (χ2v) is 15.5. The topological polar surface area (TPSA) is 23.0 Å². The van der Waals surface area contributed by atoms with E-state index in [4.69, 9.17) is 4.42 Å². The molecule has 9 aromatic rings. The van der Waals surface area contributed by atoms with Crippen molar-refractivity contribution in [1.82, 2.24) is 9.13 Å². The Kier molecular flexibility index (Phi) is 6.33. The maximum atomic E-state index is 6.69. The van der Waals surface area contributed by atoms with Gasteiger partial charge in [0.05, 0.1) is 21.9 Å². The van der Waals surface area contributed by atoms with Gasteiger partial charge in [0.15, 0.2) is 0 Å². The summed E-state index contributed by atoms with van der Waals surface area (Å²) in [5.74, 6) is 0. The van der Waals surface area contributed by atoms with Crippen LogP contribution in [-0.4, -0.2) is 9.13 Å². The first kappa shape index (κ1) is 29.6. The van der Waals surface area contributed by atoms with Crippen LogP contribution < -0.4 is 0 Å². The van der Waals surface area contributed by atoms with Crippen molar-refractivity contribution in [2.75, 3.05) is 0 Å². The van der Waals surface area contributed by atoms with E-state index in [1.807, 2.05) is 0 Å².